The monoisotopic (exact) mass is 273 g/mol. The second-order valence-electron chi connectivity index (χ2n) is 4.94. The van der Waals surface area contributed by atoms with Gasteiger partial charge in [-0.3, -0.25) is 0 Å². The van der Waals surface area contributed by atoms with Crippen molar-refractivity contribution < 1.29 is 0 Å². The van der Waals surface area contributed by atoms with E-state index in [9.17, 15) is 0 Å². The molecule has 0 radical (unpaired) electrons. The molecule has 1 N–H and O–H groups in total. The highest BCUT2D eigenvalue weighted by Gasteiger charge is 2.12. The van der Waals surface area contributed by atoms with Gasteiger partial charge in [0.2, 0.25) is 0 Å². The van der Waals surface area contributed by atoms with Crippen molar-refractivity contribution in [1.82, 2.24) is 4.98 Å². The molecule has 1 fully saturated rings. The van der Waals surface area contributed by atoms with E-state index in [2.05, 4.69) is 39.5 Å². The molecule has 1 aliphatic heterocycles. The first-order chi connectivity index (χ1) is 9.31. The lowest BCUT2D eigenvalue weighted by Crippen LogP contribution is -2.17. The van der Waals surface area contributed by atoms with Crippen molar-refractivity contribution in [2.45, 2.75) is 26.3 Å². The number of aryl methyl sites for hydroxylation is 1. The normalized spacial score (nSPS) is 14.9. The van der Waals surface area contributed by atoms with Gasteiger partial charge in [-0.15, -0.1) is 11.3 Å². The van der Waals surface area contributed by atoms with Crippen LogP contribution in [0.25, 0.3) is 0 Å². The number of hydrogen-bond donors (Lipinski definition) is 1. The molecule has 1 aromatic heterocycles. The van der Waals surface area contributed by atoms with Crippen molar-refractivity contribution in [3.63, 3.8) is 0 Å². The van der Waals surface area contributed by atoms with Gasteiger partial charge in [0.05, 0.1) is 11.6 Å². The third kappa shape index (κ3) is 3.07. The molecule has 3 rings (SSSR count). The van der Waals surface area contributed by atoms with Crippen LogP contribution < -0.4 is 10.2 Å². The molecule has 3 nitrogen and oxygen atoms in total. The molecular formula is C15H19N3S. The molecule has 0 amide bonds. The highest BCUT2D eigenvalue weighted by atomic mass is 32.1. The first-order valence-corrected chi connectivity index (χ1v) is 7.63. The van der Waals surface area contributed by atoms with Crippen LogP contribution in [0.3, 0.4) is 0 Å². The van der Waals surface area contributed by atoms with E-state index in [1.54, 1.807) is 11.3 Å². The van der Waals surface area contributed by atoms with Gasteiger partial charge in [-0.1, -0.05) is 6.07 Å². The van der Waals surface area contributed by atoms with Gasteiger partial charge in [-0.25, -0.2) is 4.98 Å². The topological polar surface area (TPSA) is 28.2 Å². The third-order valence-corrected chi connectivity index (χ3v) is 4.37. The largest absolute Gasteiger partial charge is 0.380 e. The van der Waals surface area contributed by atoms with Gasteiger partial charge in [-0.05, 0) is 38.0 Å². The predicted molar refractivity (Wildman–Crippen MR) is 82.1 cm³/mol. The van der Waals surface area contributed by atoms with E-state index >= 15 is 0 Å². The summed E-state index contributed by atoms with van der Waals surface area (Å²) in [5, 5.41) is 4.61. The van der Waals surface area contributed by atoms with Crippen molar-refractivity contribution >= 4 is 22.7 Å². The SMILES string of the molecule is Cc1ncc(CNc2cccc(N3CCCC3)c2)s1. The maximum atomic E-state index is 4.28. The molecule has 2 aromatic rings. The lowest BCUT2D eigenvalue weighted by atomic mass is 10.2. The zero-order valence-electron chi connectivity index (χ0n) is 11.2. The summed E-state index contributed by atoms with van der Waals surface area (Å²) in [4.78, 5) is 8.02. The van der Waals surface area contributed by atoms with E-state index in [4.69, 9.17) is 0 Å². The fraction of sp³-hybridized carbons (Fsp3) is 0.400. The predicted octanol–water partition coefficient (Wildman–Crippen LogP) is 3.66. The van der Waals surface area contributed by atoms with Crippen molar-refractivity contribution in [3.8, 4) is 0 Å². The Balaban J connectivity index is 1.65. The molecule has 4 heteroatoms. The lowest BCUT2D eigenvalue weighted by Gasteiger charge is -2.18. The van der Waals surface area contributed by atoms with Crippen LogP contribution in [0.4, 0.5) is 11.4 Å². The molecular weight excluding hydrogens is 254 g/mol. The van der Waals surface area contributed by atoms with Gasteiger partial charge in [0.15, 0.2) is 0 Å². The minimum atomic E-state index is 0.856. The van der Waals surface area contributed by atoms with Gasteiger partial charge < -0.3 is 10.2 Å². The summed E-state index contributed by atoms with van der Waals surface area (Å²) in [7, 11) is 0. The molecule has 0 bridgehead atoms. The first kappa shape index (κ1) is 12.5. The zero-order chi connectivity index (χ0) is 13.1. The standard InChI is InChI=1S/C15H19N3S/c1-12-16-10-15(19-12)11-17-13-5-4-6-14(9-13)18-7-2-3-8-18/h4-6,9-10,17H,2-3,7-8,11H2,1H3. The number of benzene rings is 1. The maximum Gasteiger partial charge on any atom is 0.0897 e. The van der Waals surface area contributed by atoms with E-state index in [0.29, 0.717) is 0 Å². The van der Waals surface area contributed by atoms with Crippen LogP contribution >= 0.6 is 11.3 Å². The number of aromatic nitrogens is 1. The summed E-state index contributed by atoms with van der Waals surface area (Å²) < 4.78 is 0. The Hall–Kier alpha value is -1.55. The van der Waals surface area contributed by atoms with Crippen LogP contribution in [0.1, 0.15) is 22.7 Å². The minimum absolute atomic E-state index is 0.856. The number of nitrogens with zero attached hydrogens (tertiary/aromatic N) is 2. The van der Waals surface area contributed by atoms with E-state index in [-0.39, 0.29) is 0 Å². The van der Waals surface area contributed by atoms with Crippen molar-refractivity contribution in [3.05, 3.63) is 40.3 Å². The van der Waals surface area contributed by atoms with Gasteiger partial charge in [-0.2, -0.15) is 0 Å². The fourth-order valence-electron chi connectivity index (χ4n) is 2.46. The molecule has 0 aliphatic carbocycles. The number of nitrogens with one attached hydrogen (secondary N) is 1. The van der Waals surface area contributed by atoms with Crippen molar-refractivity contribution in [2.24, 2.45) is 0 Å². The first-order valence-electron chi connectivity index (χ1n) is 6.81. The average molecular weight is 273 g/mol. The van der Waals surface area contributed by atoms with Crippen molar-refractivity contribution in [2.75, 3.05) is 23.3 Å². The smallest absolute Gasteiger partial charge is 0.0897 e. The Kier molecular flexibility index (Phi) is 3.69. The Morgan fingerprint density at radius 2 is 2.16 bits per heavy atom. The number of thiazole rings is 1. The van der Waals surface area contributed by atoms with Crippen LogP contribution in [-0.2, 0) is 6.54 Å². The van der Waals surface area contributed by atoms with Gasteiger partial charge in [0.1, 0.15) is 0 Å². The number of anilines is 2. The third-order valence-electron chi connectivity index (χ3n) is 3.45. The van der Waals surface area contributed by atoms with E-state index in [0.717, 1.165) is 11.6 Å². The fourth-order valence-corrected chi connectivity index (χ4v) is 3.20. The minimum Gasteiger partial charge on any atom is -0.380 e. The van der Waals surface area contributed by atoms with Gasteiger partial charge >= 0.3 is 0 Å². The van der Waals surface area contributed by atoms with Gasteiger partial charge in [0.25, 0.3) is 0 Å². The highest BCUT2D eigenvalue weighted by molar-refractivity contribution is 7.11. The summed E-state index contributed by atoms with van der Waals surface area (Å²) in [6, 6.07) is 8.72. The Bertz CT molecular complexity index is 544. The van der Waals surface area contributed by atoms with Crippen LogP contribution in [0, 0.1) is 6.92 Å². The van der Waals surface area contributed by atoms with E-state index < -0.39 is 0 Å². The molecule has 19 heavy (non-hydrogen) atoms. The number of hydrogen-bond acceptors (Lipinski definition) is 4. The van der Waals surface area contributed by atoms with Crippen LogP contribution in [-0.4, -0.2) is 18.1 Å². The molecule has 2 heterocycles. The summed E-state index contributed by atoms with van der Waals surface area (Å²) in [5.41, 5.74) is 2.53. The Labute approximate surface area is 118 Å². The van der Waals surface area contributed by atoms with Crippen LogP contribution in [0.5, 0.6) is 0 Å². The molecule has 0 atom stereocenters. The quantitative estimate of drug-likeness (QED) is 0.921. The summed E-state index contributed by atoms with van der Waals surface area (Å²) >= 11 is 1.75. The molecule has 0 unspecified atom stereocenters. The second kappa shape index (κ2) is 5.61. The Morgan fingerprint density at radius 1 is 1.32 bits per heavy atom. The molecule has 1 aliphatic rings. The maximum absolute atomic E-state index is 4.28. The van der Waals surface area contributed by atoms with E-state index in [1.165, 1.54) is 42.2 Å². The molecule has 0 saturated carbocycles. The summed E-state index contributed by atoms with van der Waals surface area (Å²) in [6.45, 7) is 5.28. The highest BCUT2D eigenvalue weighted by Crippen LogP contribution is 2.24. The molecule has 100 valence electrons. The molecule has 1 aromatic carbocycles. The van der Waals surface area contributed by atoms with Crippen LogP contribution in [0.2, 0.25) is 0 Å². The lowest BCUT2D eigenvalue weighted by molar-refractivity contribution is 0.949. The van der Waals surface area contributed by atoms with Crippen molar-refractivity contribution in [1.29, 1.82) is 0 Å². The molecule has 0 spiro atoms. The Morgan fingerprint density at radius 3 is 2.89 bits per heavy atom. The zero-order valence-corrected chi connectivity index (χ0v) is 12.0. The van der Waals surface area contributed by atoms with E-state index in [1.807, 2.05) is 13.1 Å². The number of rotatable bonds is 4. The molecule has 1 saturated heterocycles. The second-order valence-corrected chi connectivity index (χ2v) is 6.26. The average Bonchev–Trinajstić information content (AvgIpc) is 3.08. The van der Waals surface area contributed by atoms with Gasteiger partial charge in [0, 0.05) is 35.5 Å². The summed E-state index contributed by atoms with van der Waals surface area (Å²) in [6.07, 6.45) is 4.59. The summed E-state index contributed by atoms with van der Waals surface area (Å²) in [5.74, 6) is 0. The van der Waals surface area contributed by atoms with Crippen LogP contribution in [0.15, 0.2) is 30.5 Å².